The van der Waals surface area contributed by atoms with Crippen molar-refractivity contribution >= 4 is 67.8 Å². The Hall–Kier alpha value is -2.36. The molecule has 6 nitrogen and oxygen atoms in total. The highest BCUT2D eigenvalue weighted by Gasteiger charge is 2.28. The minimum Gasteiger partial charge on any atom is -0.493 e. The van der Waals surface area contributed by atoms with E-state index in [4.69, 9.17) is 21.7 Å². The Bertz CT molecular complexity index is 1080. The van der Waals surface area contributed by atoms with E-state index >= 15 is 0 Å². The molecule has 0 atom stereocenters. The first-order valence-electron chi connectivity index (χ1n) is 9.28. The molecule has 2 aromatic carbocycles. The van der Waals surface area contributed by atoms with Gasteiger partial charge in [0.05, 0.1) is 12.0 Å². The van der Waals surface area contributed by atoms with Gasteiger partial charge in [0.1, 0.15) is 4.32 Å². The lowest BCUT2D eigenvalue weighted by Crippen LogP contribution is -2.22. The van der Waals surface area contributed by atoms with E-state index in [1.807, 2.05) is 26.0 Å². The molecule has 0 unspecified atom stereocenters. The maximum Gasteiger partial charge on any atom is 0.265 e. The maximum atomic E-state index is 12.4. The minimum atomic E-state index is -0.272. The van der Waals surface area contributed by atoms with Crippen LogP contribution in [0.2, 0.25) is 0 Å². The van der Waals surface area contributed by atoms with Crippen LogP contribution in [0.5, 0.6) is 11.5 Å². The first kappa shape index (κ1) is 23.3. The number of anilines is 1. The van der Waals surface area contributed by atoms with E-state index in [-0.39, 0.29) is 18.4 Å². The van der Waals surface area contributed by atoms with Gasteiger partial charge in [0, 0.05) is 17.2 Å². The monoisotopic (exact) mass is 520 g/mol. The minimum absolute atomic E-state index is 0.135. The van der Waals surface area contributed by atoms with Gasteiger partial charge >= 0.3 is 0 Å². The van der Waals surface area contributed by atoms with Crippen LogP contribution in [-0.2, 0) is 9.59 Å². The van der Waals surface area contributed by atoms with Crippen molar-refractivity contribution in [3.8, 4) is 11.5 Å². The summed E-state index contributed by atoms with van der Waals surface area (Å²) in [5.41, 5.74) is 3.45. The smallest absolute Gasteiger partial charge is 0.265 e. The van der Waals surface area contributed by atoms with Crippen molar-refractivity contribution in [1.29, 1.82) is 0 Å². The van der Waals surface area contributed by atoms with Crippen LogP contribution in [0.4, 0.5) is 5.69 Å². The quantitative estimate of drug-likeness (QED) is 0.430. The summed E-state index contributed by atoms with van der Waals surface area (Å²) < 4.78 is 12.6. The van der Waals surface area contributed by atoms with Gasteiger partial charge in [0.15, 0.2) is 18.1 Å². The number of carbonyl (C=O) groups excluding carboxylic acids is 2. The Balaban J connectivity index is 1.69. The zero-order valence-electron chi connectivity index (χ0n) is 17.4. The Kier molecular flexibility index (Phi) is 7.40. The number of aryl methyl sites for hydroxylation is 2. The van der Waals surface area contributed by atoms with Crippen molar-refractivity contribution < 1.29 is 19.1 Å². The Morgan fingerprint density at radius 1 is 1.23 bits per heavy atom. The molecular weight excluding hydrogens is 500 g/mol. The highest BCUT2D eigenvalue weighted by atomic mass is 79.9. The average Bonchev–Trinajstić information content (AvgIpc) is 2.96. The van der Waals surface area contributed by atoms with Crippen molar-refractivity contribution in [3.63, 3.8) is 0 Å². The summed E-state index contributed by atoms with van der Waals surface area (Å²) >= 11 is 9.85. The molecule has 0 saturated carbocycles. The SMILES string of the molecule is COc1cc(/C=C2\SC(=S)N(C)C2=O)ccc1OCC(=O)Nc1c(C)cc(Br)cc1C. The Labute approximate surface area is 199 Å². The number of nitrogens with zero attached hydrogens (tertiary/aromatic N) is 1. The molecule has 2 aromatic rings. The largest absolute Gasteiger partial charge is 0.493 e. The fourth-order valence-corrected chi connectivity index (χ4v) is 4.88. The molecule has 0 radical (unpaired) electrons. The molecule has 0 aliphatic carbocycles. The molecule has 0 aromatic heterocycles. The molecule has 2 amide bonds. The number of carbonyl (C=O) groups is 2. The van der Waals surface area contributed by atoms with E-state index in [1.165, 1.54) is 23.8 Å². The first-order chi connectivity index (χ1) is 14.7. The van der Waals surface area contributed by atoms with Crippen molar-refractivity contribution in [1.82, 2.24) is 4.90 Å². The third kappa shape index (κ3) is 5.47. The lowest BCUT2D eigenvalue weighted by Gasteiger charge is -2.14. The van der Waals surface area contributed by atoms with Crippen molar-refractivity contribution in [2.45, 2.75) is 13.8 Å². The second-order valence-corrected chi connectivity index (χ2v) is 9.49. The number of hydrogen-bond acceptors (Lipinski definition) is 6. The van der Waals surface area contributed by atoms with Gasteiger partial charge in [0.2, 0.25) is 0 Å². The predicted octanol–water partition coefficient (Wildman–Crippen LogP) is 4.92. The molecule has 0 bridgehead atoms. The van der Waals surface area contributed by atoms with Crippen LogP contribution < -0.4 is 14.8 Å². The highest BCUT2D eigenvalue weighted by Crippen LogP contribution is 2.34. The summed E-state index contributed by atoms with van der Waals surface area (Å²) in [5.74, 6) is 0.488. The number of hydrogen-bond donors (Lipinski definition) is 1. The molecule has 162 valence electrons. The number of rotatable bonds is 6. The molecule has 3 rings (SSSR count). The molecule has 1 N–H and O–H groups in total. The van der Waals surface area contributed by atoms with E-state index in [9.17, 15) is 9.59 Å². The van der Waals surface area contributed by atoms with E-state index < -0.39 is 0 Å². The number of amides is 2. The van der Waals surface area contributed by atoms with Crippen molar-refractivity contribution in [3.05, 3.63) is 56.4 Å². The number of likely N-dealkylation sites (N-methyl/N-ethyl adjacent to an activating group) is 1. The second-order valence-electron chi connectivity index (χ2n) is 6.90. The van der Waals surface area contributed by atoms with Crippen LogP contribution >= 0.6 is 39.9 Å². The van der Waals surface area contributed by atoms with Gasteiger partial charge in [-0.25, -0.2) is 0 Å². The lowest BCUT2D eigenvalue weighted by atomic mass is 10.1. The second kappa shape index (κ2) is 9.84. The molecule has 1 aliphatic heterocycles. The van der Waals surface area contributed by atoms with Gasteiger partial charge in [-0.05, 0) is 60.9 Å². The molecule has 1 aliphatic rings. The summed E-state index contributed by atoms with van der Waals surface area (Å²) in [4.78, 5) is 26.6. The standard InChI is InChI=1S/C22H21BrN2O4S2/c1-12-7-15(23)8-13(2)20(12)24-19(26)11-29-16-6-5-14(9-17(16)28-4)10-18-21(27)25(3)22(30)31-18/h5-10H,11H2,1-4H3,(H,24,26)/b18-10-. The van der Waals surface area contributed by atoms with Gasteiger partial charge in [-0.1, -0.05) is 46.0 Å². The van der Waals surface area contributed by atoms with Crippen LogP contribution in [0.15, 0.2) is 39.7 Å². The summed E-state index contributed by atoms with van der Waals surface area (Å²) in [6, 6.07) is 9.13. The predicted molar refractivity (Wildman–Crippen MR) is 132 cm³/mol. The van der Waals surface area contributed by atoms with E-state index in [1.54, 1.807) is 31.3 Å². The number of thioether (sulfide) groups is 1. The summed E-state index contributed by atoms with van der Waals surface area (Å²) in [7, 11) is 3.17. The van der Waals surface area contributed by atoms with Crippen molar-refractivity contribution in [2.75, 3.05) is 26.1 Å². The number of methoxy groups -OCH3 is 1. The maximum absolute atomic E-state index is 12.4. The van der Waals surface area contributed by atoms with E-state index in [0.717, 1.165) is 26.9 Å². The topological polar surface area (TPSA) is 67.9 Å². The van der Waals surface area contributed by atoms with Gasteiger partial charge in [-0.15, -0.1) is 0 Å². The number of thiocarbonyl (C=S) groups is 1. The van der Waals surface area contributed by atoms with Gasteiger partial charge in [0.25, 0.3) is 11.8 Å². The van der Waals surface area contributed by atoms with Gasteiger partial charge in [-0.2, -0.15) is 0 Å². The van der Waals surface area contributed by atoms with E-state index in [2.05, 4.69) is 21.2 Å². The average molecular weight is 521 g/mol. The fraction of sp³-hybridized carbons (Fsp3) is 0.227. The molecular formula is C22H21BrN2O4S2. The van der Waals surface area contributed by atoms with Crippen LogP contribution in [0, 0.1) is 13.8 Å². The number of benzene rings is 2. The lowest BCUT2D eigenvalue weighted by molar-refractivity contribution is -0.121. The highest BCUT2D eigenvalue weighted by molar-refractivity contribution is 9.10. The zero-order chi connectivity index (χ0) is 22.7. The fourth-order valence-electron chi connectivity index (χ4n) is 3.02. The zero-order valence-corrected chi connectivity index (χ0v) is 20.7. The number of ether oxygens (including phenoxy) is 2. The number of halogens is 1. The Morgan fingerprint density at radius 3 is 2.48 bits per heavy atom. The molecule has 1 heterocycles. The van der Waals surface area contributed by atoms with Gasteiger partial charge < -0.3 is 14.8 Å². The molecule has 31 heavy (non-hydrogen) atoms. The summed E-state index contributed by atoms with van der Waals surface area (Å²) in [6.45, 7) is 3.70. The van der Waals surface area contributed by atoms with Crippen LogP contribution in [-0.4, -0.2) is 41.8 Å². The molecule has 9 heteroatoms. The first-order valence-corrected chi connectivity index (χ1v) is 11.3. The van der Waals surface area contributed by atoms with Crippen LogP contribution in [0.25, 0.3) is 6.08 Å². The van der Waals surface area contributed by atoms with E-state index in [0.29, 0.717) is 20.7 Å². The third-order valence-corrected chi connectivity index (χ3v) is 6.54. The Morgan fingerprint density at radius 2 is 1.90 bits per heavy atom. The third-order valence-electron chi connectivity index (χ3n) is 4.59. The number of nitrogens with one attached hydrogen (secondary N) is 1. The molecule has 0 spiro atoms. The summed E-state index contributed by atoms with van der Waals surface area (Å²) in [6.07, 6.45) is 1.75. The summed E-state index contributed by atoms with van der Waals surface area (Å²) in [5, 5.41) is 2.89. The van der Waals surface area contributed by atoms with Crippen LogP contribution in [0.1, 0.15) is 16.7 Å². The normalized spacial score (nSPS) is 14.9. The molecule has 1 saturated heterocycles. The molecule has 1 fully saturated rings. The van der Waals surface area contributed by atoms with Crippen LogP contribution in [0.3, 0.4) is 0 Å². The van der Waals surface area contributed by atoms with Crippen molar-refractivity contribution in [2.24, 2.45) is 0 Å². The van der Waals surface area contributed by atoms with Gasteiger partial charge in [-0.3, -0.25) is 14.5 Å².